The van der Waals surface area contributed by atoms with Gasteiger partial charge in [0.2, 0.25) is 0 Å². The molecule has 1 aliphatic heterocycles. The average molecular weight is 575 g/mol. The van der Waals surface area contributed by atoms with Gasteiger partial charge in [-0.15, -0.1) is 0 Å². The zero-order chi connectivity index (χ0) is 29.2. The maximum absolute atomic E-state index is 13.1. The number of hydrogen-bond donors (Lipinski definition) is 0. The summed E-state index contributed by atoms with van der Waals surface area (Å²) in [4.78, 5) is 32.6. The van der Waals surface area contributed by atoms with Crippen LogP contribution in [0.2, 0.25) is 5.02 Å². The summed E-state index contributed by atoms with van der Waals surface area (Å²) in [7, 11) is 1.64. The topological polar surface area (TPSA) is 68.7 Å². The van der Waals surface area contributed by atoms with Crippen LogP contribution in [-0.4, -0.2) is 36.9 Å². The van der Waals surface area contributed by atoms with Crippen molar-refractivity contribution < 1.29 is 19.1 Å². The molecule has 1 aromatic heterocycles. The van der Waals surface area contributed by atoms with Crippen LogP contribution >= 0.6 is 11.6 Å². The fourth-order valence-electron chi connectivity index (χ4n) is 4.91. The minimum absolute atomic E-state index is 0.117. The van der Waals surface area contributed by atoms with E-state index in [0.29, 0.717) is 22.0 Å². The first-order valence-corrected chi connectivity index (χ1v) is 13.9. The van der Waals surface area contributed by atoms with Gasteiger partial charge < -0.3 is 9.47 Å². The van der Waals surface area contributed by atoms with Gasteiger partial charge in [0.25, 0.3) is 5.91 Å². The van der Waals surface area contributed by atoms with Crippen LogP contribution in [0.4, 0.5) is 5.69 Å². The van der Waals surface area contributed by atoms with Gasteiger partial charge in [-0.3, -0.25) is 14.5 Å². The standard InChI is InChI=1S/C35H27ClN2O4/c1-22-3-5-24(6-4-22)30-17-27(23-9-14-29(41-2)15-10-23)18-31(37-30)26-11-16-34-32(19-26)38(35(40)21-42-34)20-33(39)25-7-12-28(36)13-8-25/h3-19H,20-21H2,1-2H3. The van der Waals surface area contributed by atoms with Crippen molar-refractivity contribution >= 4 is 29.0 Å². The van der Waals surface area contributed by atoms with Gasteiger partial charge in [0.05, 0.1) is 30.7 Å². The highest BCUT2D eigenvalue weighted by Gasteiger charge is 2.28. The van der Waals surface area contributed by atoms with Crippen molar-refractivity contribution in [3.63, 3.8) is 0 Å². The van der Waals surface area contributed by atoms with Gasteiger partial charge in [0.15, 0.2) is 12.4 Å². The lowest BCUT2D eigenvalue weighted by Gasteiger charge is -2.29. The van der Waals surface area contributed by atoms with Crippen molar-refractivity contribution in [3.05, 3.63) is 119 Å². The number of ether oxygens (including phenoxy) is 2. The molecule has 5 aromatic rings. The number of aromatic nitrogens is 1. The van der Waals surface area contributed by atoms with Crippen molar-refractivity contribution in [2.24, 2.45) is 0 Å². The quantitative estimate of drug-likeness (QED) is 0.187. The molecule has 208 valence electrons. The first-order chi connectivity index (χ1) is 20.4. The predicted octanol–water partition coefficient (Wildman–Crippen LogP) is 7.66. The van der Waals surface area contributed by atoms with E-state index in [-0.39, 0.29) is 24.8 Å². The zero-order valence-electron chi connectivity index (χ0n) is 23.1. The summed E-state index contributed by atoms with van der Waals surface area (Å²) in [5.74, 6) is 0.827. The number of anilines is 1. The molecule has 0 saturated carbocycles. The molecule has 2 heterocycles. The number of aryl methyl sites for hydroxylation is 1. The van der Waals surface area contributed by atoms with Gasteiger partial charge in [0, 0.05) is 21.7 Å². The molecule has 0 spiro atoms. The van der Waals surface area contributed by atoms with Crippen LogP contribution in [0.25, 0.3) is 33.6 Å². The third-order valence-electron chi connectivity index (χ3n) is 7.26. The number of hydrogen-bond acceptors (Lipinski definition) is 5. The largest absolute Gasteiger partial charge is 0.497 e. The molecular formula is C35H27ClN2O4. The normalized spacial score (nSPS) is 12.5. The molecule has 0 saturated heterocycles. The Balaban J connectivity index is 1.42. The van der Waals surface area contributed by atoms with Crippen LogP contribution < -0.4 is 14.4 Å². The Morgan fingerprint density at radius 1 is 0.833 bits per heavy atom. The molecule has 0 radical (unpaired) electrons. The van der Waals surface area contributed by atoms with Gasteiger partial charge in [-0.2, -0.15) is 0 Å². The fraction of sp³-hybridized carbons (Fsp3) is 0.114. The zero-order valence-corrected chi connectivity index (χ0v) is 23.9. The Kier molecular flexibility index (Phi) is 7.46. The third-order valence-corrected chi connectivity index (χ3v) is 7.51. The summed E-state index contributed by atoms with van der Waals surface area (Å²) in [6.45, 7) is 1.80. The summed E-state index contributed by atoms with van der Waals surface area (Å²) in [6.07, 6.45) is 0. The van der Waals surface area contributed by atoms with E-state index in [1.165, 1.54) is 4.90 Å². The molecule has 1 aliphatic rings. The smallest absolute Gasteiger partial charge is 0.265 e. The number of rotatable bonds is 7. The van der Waals surface area contributed by atoms with Gasteiger partial charge in [-0.25, -0.2) is 4.98 Å². The summed E-state index contributed by atoms with van der Waals surface area (Å²) in [5.41, 5.74) is 7.49. The molecule has 6 nitrogen and oxygen atoms in total. The number of carbonyl (C=O) groups excluding carboxylic acids is 2. The van der Waals surface area contributed by atoms with Crippen LogP contribution in [0.1, 0.15) is 15.9 Å². The molecule has 0 atom stereocenters. The molecule has 6 rings (SSSR count). The first kappa shape index (κ1) is 27.2. The number of ketones is 1. The highest BCUT2D eigenvalue weighted by Crippen LogP contribution is 2.38. The van der Waals surface area contributed by atoms with E-state index in [1.54, 1.807) is 31.4 Å². The second-order valence-corrected chi connectivity index (χ2v) is 10.5. The summed E-state index contributed by atoms with van der Waals surface area (Å²) in [6, 6.07) is 32.5. The molecule has 4 aromatic carbocycles. The van der Waals surface area contributed by atoms with Crippen molar-refractivity contribution in [1.29, 1.82) is 0 Å². The number of nitrogens with zero attached hydrogens (tertiary/aromatic N) is 2. The van der Waals surface area contributed by atoms with Crippen LogP contribution in [0, 0.1) is 6.92 Å². The highest BCUT2D eigenvalue weighted by molar-refractivity contribution is 6.30. The lowest BCUT2D eigenvalue weighted by molar-refractivity contribution is -0.121. The van der Waals surface area contributed by atoms with Crippen LogP contribution in [0.3, 0.4) is 0 Å². The van der Waals surface area contributed by atoms with E-state index in [9.17, 15) is 9.59 Å². The van der Waals surface area contributed by atoms with Crippen molar-refractivity contribution in [2.45, 2.75) is 6.92 Å². The average Bonchev–Trinajstić information content (AvgIpc) is 3.02. The Bertz CT molecular complexity index is 1780. The number of benzene rings is 4. The fourth-order valence-corrected chi connectivity index (χ4v) is 5.03. The maximum Gasteiger partial charge on any atom is 0.265 e. The molecule has 0 unspecified atom stereocenters. The summed E-state index contributed by atoms with van der Waals surface area (Å²) >= 11 is 5.99. The minimum atomic E-state index is -0.290. The molecule has 1 amide bonds. The number of fused-ring (bicyclic) bond motifs is 1. The molecular weight excluding hydrogens is 548 g/mol. The van der Waals surface area contributed by atoms with E-state index in [0.717, 1.165) is 45.0 Å². The number of pyridine rings is 1. The lowest BCUT2D eigenvalue weighted by atomic mass is 9.99. The van der Waals surface area contributed by atoms with Gasteiger partial charge in [0.1, 0.15) is 11.5 Å². The second-order valence-electron chi connectivity index (χ2n) is 10.1. The van der Waals surface area contributed by atoms with E-state index in [2.05, 4.69) is 37.3 Å². The van der Waals surface area contributed by atoms with Crippen LogP contribution in [-0.2, 0) is 4.79 Å². The number of methoxy groups -OCH3 is 1. The van der Waals surface area contributed by atoms with Gasteiger partial charge in [-0.05, 0) is 84.8 Å². The predicted molar refractivity (Wildman–Crippen MR) is 165 cm³/mol. The molecule has 7 heteroatoms. The van der Waals surface area contributed by atoms with Crippen molar-refractivity contribution in [1.82, 2.24) is 4.98 Å². The van der Waals surface area contributed by atoms with Gasteiger partial charge >= 0.3 is 0 Å². The second kappa shape index (κ2) is 11.5. The molecule has 0 bridgehead atoms. The molecule has 0 aliphatic carbocycles. The highest BCUT2D eigenvalue weighted by atomic mass is 35.5. The Hall–Kier alpha value is -4.94. The molecule has 0 fully saturated rings. The maximum atomic E-state index is 13.1. The Morgan fingerprint density at radius 3 is 2.17 bits per heavy atom. The molecule has 0 N–H and O–H groups in total. The number of halogens is 1. The summed E-state index contributed by atoms with van der Waals surface area (Å²) in [5, 5.41) is 0.540. The van der Waals surface area contributed by atoms with Gasteiger partial charge in [-0.1, -0.05) is 53.6 Å². The van der Waals surface area contributed by atoms with E-state index >= 15 is 0 Å². The Labute approximate surface area is 249 Å². The summed E-state index contributed by atoms with van der Waals surface area (Å²) < 4.78 is 11.1. The monoisotopic (exact) mass is 574 g/mol. The van der Waals surface area contributed by atoms with E-state index in [4.69, 9.17) is 26.1 Å². The van der Waals surface area contributed by atoms with Crippen molar-refractivity contribution in [3.8, 4) is 45.1 Å². The van der Waals surface area contributed by atoms with Crippen LogP contribution in [0.5, 0.6) is 11.5 Å². The SMILES string of the molecule is COc1ccc(-c2cc(-c3ccc(C)cc3)nc(-c3ccc4c(c3)N(CC(=O)c3ccc(Cl)cc3)C(=O)CO4)c2)cc1. The number of amides is 1. The lowest BCUT2D eigenvalue weighted by Crippen LogP contribution is -2.42. The number of Topliss-reactive ketones (excluding diaryl/α,β-unsaturated/α-hetero) is 1. The van der Waals surface area contributed by atoms with E-state index < -0.39 is 0 Å². The number of carbonyl (C=O) groups is 2. The van der Waals surface area contributed by atoms with E-state index in [1.807, 2.05) is 48.5 Å². The third kappa shape index (κ3) is 5.62. The van der Waals surface area contributed by atoms with Crippen LogP contribution in [0.15, 0.2) is 103 Å². The first-order valence-electron chi connectivity index (χ1n) is 13.5. The Morgan fingerprint density at radius 2 is 1.48 bits per heavy atom. The minimum Gasteiger partial charge on any atom is -0.497 e. The molecule has 42 heavy (non-hydrogen) atoms. The van der Waals surface area contributed by atoms with Crippen molar-refractivity contribution in [2.75, 3.05) is 25.2 Å².